The number of urea groups is 1. The Morgan fingerprint density at radius 3 is 2.41 bits per heavy atom. The highest BCUT2D eigenvalue weighted by molar-refractivity contribution is 6.06. The summed E-state index contributed by atoms with van der Waals surface area (Å²) in [7, 11) is 0. The third-order valence-electron chi connectivity index (χ3n) is 4.80. The van der Waals surface area contributed by atoms with Crippen molar-refractivity contribution in [3.63, 3.8) is 0 Å². The van der Waals surface area contributed by atoms with Crippen molar-refractivity contribution < 1.29 is 14.0 Å². The first-order valence-electron chi connectivity index (χ1n) is 7.58. The topological polar surface area (TPSA) is 61.4 Å². The van der Waals surface area contributed by atoms with Crippen LogP contribution in [0.1, 0.15) is 25.3 Å². The molecular formula is C16H20FN3O2. The second-order valence-corrected chi connectivity index (χ2v) is 6.29. The number of nitrogens with one attached hydrogen (secondary N) is 2. The third-order valence-corrected chi connectivity index (χ3v) is 4.80. The average molecular weight is 305 g/mol. The van der Waals surface area contributed by atoms with Gasteiger partial charge in [0.2, 0.25) is 0 Å². The number of rotatable bonds is 3. The Balaban J connectivity index is 1.57. The maximum Gasteiger partial charge on any atom is 0.322 e. The number of amides is 3. The van der Waals surface area contributed by atoms with E-state index < -0.39 is 11.6 Å². The summed E-state index contributed by atoms with van der Waals surface area (Å²) >= 11 is 0. The van der Waals surface area contributed by atoms with Gasteiger partial charge in [0.05, 0.1) is 0 Å². The Morgan fingerprint density at radius 1 is 1.23 bits per heavy atom. The van der Waals surface area contributed by atoms with Gasteiger partial charge in [0, 0.05) is 6.54 Å². The number of halogens is 1. The average Bonchev–Trinajstić information content (AvgIpc) is 2.76. The second-order valence-electron chi connectivity index (χ2n) is 6.29. The van der Waals surface area contributed by atoms with Crippen LogP contribution < -0.4 is 10.6 Å². The molecule has 2 aliphatic rings. The van der Waals surface area contributed by atoms with Crippen molar-refractivity contribution in [2.24, 2.45) is 5.92 Å². The van der Waals surface area contributed by atoms with E-state index in [9.17, 15) is 14.0 Å². The number of hydrogen-bond acceptors (Lipinski definition) is 3. The summed E-state index contributed by atoms with van der Waals surface area (Å²) < 4.78 is 12.9. The standard InChI is InChI=1S/C16H20FN3O2/c1-16(14(21)18-15(22)19-16)12-6-8-20(9-7-12)10-11-2-4-13(17)5-3-11/h2-5,12H,6-10H2,1H3,(H2,18,19,21,22)/t16-/m1/s1. The van der Waals surface area contributed by atoms with Crippen LogP contribution in [0, 0.1) is 11.7 Å². The number of imide groups is 1. The lowest BCUT2D eigenvalue weighted by Crippen LogP contribution is -2.53. The minimum Gasteiger partial charge on any atom is -0.323 e. The van der Waals surface area contributed by atoms with E-state index in [1.54, 1.807) is 19.1 Å². The van der Waals surface area contributed by atoms with Crippen LogP contribution in [-0.2, 0) is 11.3 Å². The van der Waals surface area contributed by atoms with Crippen LogP contribution in [0.4, 0.5) is 9.18 Å². The number of likely N-dealkylation sites (tertiary alicyclic amines) is 1. The van der Waals surface area contributed by atoms with Crippen LogP contribution in [-0.4, -0.2) is 35.5 Å². The molecule has 5 nitrogen and oxygen atoms in total. The Hall–Kier alpha value is -1.95. The third kappa shape index (κ3) is 2.83. The molecule has 22 heavy (non-hydrogen) atoms. The van der Waals surface area contributed by atoms with E-state index in [1.807, 2.05) is 0 Å². The van der Waals surface area contributed by atoms with E-state index in [0.717, 1.165) is 38.0 Å². The quantitative estimate of drug-likeness (QED) is 0.835. The molecule has 1 aromatic rings. The van der Waals surface area contributed by atoms with Crippen LogP contribution in [0.5, 0.6) is 0 Å². The maximum absolute atomic E-state index is 12.9. The van der Waals surface area contributed by atoms with Gasteiger partial charge in [0.1, 0.15) is 11.4 Å². The number of benzene rings is 1. The molecular weight excluding hydrogens is 285 g/mol. The predicted octanol–water partition coefficient (Wildman–Crippen LogP) is 1.64. The zero-order valence-electron chi connectivity index (χ0n) is 12.6. The molecule has 118 valence electrons. The molecule has 2 aliphatic heterocycles. The van der Waals surface area contributed by atoms with Crippen molar-refractivity contribution in [1.29, 1.82) is 0 Å². The van der Waals surface area contributed by atoms with Crippen LogP contribution in [0.2, 0.25) is 0 Å². The molecule has 0 saturated carbocycles. The van der Waals surface area contributed by atoms with Gasteiger partial charge in [-0.2, -0.15) is 0 Å². The summed E-state index contributed by atoms with van der Waals surface area (Å²) in [5, 5.41) is 5.08. The van der Waals surface area contributed by atoms with E-state index in [4.69, 9.17) is 0 Å². The Kier molecular flexibility index (Phi) is 3.87. The van der Waals surface area contributed by atoms with Crippen molar-refractivity contribution in [3.05, 3.63) is 35.6 Å². The maximum atomic E-state index is 12.9. The lowest BCUT2D eigenvalue weighted by Gasteiger charge is -2.38. The van der Waals surface area contributed by atoms with Crippen molar-refractivity contribution in [1.82, 2.24) is 15.5 Å². The van der Waals surface area contributed by atoms with Gasteiger partial charge < -0.3 is 5.32 Å². The van der Waals surface area contributed by atoms with E-state index >= 15 is 0 Å². The normalized spacial score (nSPS) is 26.8. The minimum atomic E-state index is -0.793. The zero-order valence-corrected chi connectivity index (χ0v) is 12.6. The number of piperidine rings is 1. The molecule has 1 aromatic carbocycles. The molecule has 0 unspecified atom stereocenters. The summed E-state index contributed by atoms with van der Waals surface area (Å²) in [6, 6.07) is 6.14. The summed E-state index contributed by atoms with van der Waals surface area (Å²) in [4.78, 5) is 25.6. The molecule has 0 aliphatic carbocycles. The zero-order chi connectivity index (χ0) is 15.7. The van der Waals surface area contributed by atoms with Gasteiger partial charge in [0.15, 0.2) is 0 Å². The predicted molar refractivity (Wildman–Crippen MR) is 79.5 cm³/mol. The first-order valence-corrected chi connectivity index (χ1v) is 7.58. The van der Waals surface area contributed by atoms with E-state index in [-0.39, 0.29) is 17.6 Å². The van der Waals surface area contributed by atoms with Gasteiger partial charge in [-0.05, 0) is 56.5 Å². The van der Waals surface area contributed by atoms with Crippen LogP contribution in [0.25, 0.3) is 0 Å². The fraction of sp³-hybridized carbons (Fsp3) is 0.500. The molecule has 0 bridgehead atoms. The van der Waals surface area contributed by atoms with E-state index in [2.05, 4.69) is 15.5 Å². The van der Waals surface area contributed by atoms with Gasteiger partial charge in [-0.15, -0.1) is 0 Å². The van der Waals surface area contributed by atoms with Gasteiger partial charge in [-0.1, -0.05) is 12.1 Å². The molecule has 3 amide bonds. The highest BCUT2D eigenvalue weighted by Crippen LogP contribution is 2.31. The van der Waals surface area contributed by atoms with Crippen molar-refractivity contribution in [2.45, 2.75) is 31.8 Å². The molecule has 3 rings (SSSR count). The summed E-state index contributed by atoms with van der Waals surface area (Å²) in [6.45, 7) is 4.30. The lowest BCUT2D eigenvalue weighted by atomic mass is 9.79. The molecule has 2 N–H and O–H groups in total. The fourth-order valence-corrected chi connectivity index (χ4v) is 3.36. The van der Waals surface area contributed by atoms with Gasteiger partial charge in [-0.25, -0.2) is 9.18 Å². The molecule has 0 spiro atoms. The Labute approximate surface area is 128 Å². The summed E-state index contributed by atoms with van der Waals surface area (Å²) in [6.07, 6.45) is 1.71. The number of nitrogens with zero attached hydrogens (tertiary/aromatic N) is 1. The van der Waals surface area contributed by atoms with E-state index in [0.29, 0.717) is 0 Å². The molecule has 6 heteroatoms. The van der Waals surface area contributed by atoms with Crippen molar-refractivity contribution in [3.8, 4) is 0 Å². The van der Waals surface area contributed by atoms with Gasteiger partial charge in [-0.3, -0.25) is 15.0 Å². The van der Waals surface area contributed by atoms with Crippen LogP contribution >= 0.6 is 0 Å². The molecule has 2 saturated heterocycles. The van der Waals surface area contributed by atoms with Crippen molar-refractivity contribution in [2.75, 3.05) is 13.1 Å². The monoisotopic (exact) mass is 305 g/mol. The first-order chi connectivity index (χ1) is 10.5. The van der Waals surface area contributed by atoms with E-state index in [1.165, 1.54) is 12.1 Å². The largest absolute Gasteiger partial charge is 0.323 e. The minimum absolute atomic E-state index is 0.142. The molecule has 0 aromatic heterocycles. The fourth-order valence-electron chi connectivity index (χ4n) is 3.36. The second kappa shape index (κ2) is 5.68. The lowest BCUT2D eigenvalue weighted by molar-refractivity contribution is -0.125. The molecule has 0 radical (unpaired) electrons. The highest BCUT2D eigenvalue weighted by atomic mass is 19.1. The van der Waals surface area contributed by atoms with Gasteiger partial charge >= 0.3 is 6.03 Å². The highest BCUT2D eigenvalue weighted by Gasteiger charge is 2.48. The Morgan fingerprint density at radius 2 is 1.86 bits per heavy atom. The summed E-state index contributed by atoms with van der Waals surface area (Å²) in [5.41, 5.74) is 0.289. The molecule has 2 heterocycles. The van der Waals surface area contributed by atoms with Crippen LogP contribution in [0.3, 0.4) is 0 Å². The summed E-state index contributed by atoms with van der Waals surface area (Å²) in [5.74, 6) is -0.309. The number of carbonyl (C=O) groups is 2. The Bertz CT molecular complexity index is 582. The van der Waals surface area contributed by atoms with Gasteiger partial charge in [0.25, 0.3) is 5.91 Å². The molecule has 2 fully saturated rings. The first kappa shape index (κ1) is 15.0. The van der Waals surface area contributed by atoms with Crippen LogP contribution in [0.15, 0.2) is 24.3 Å². The number of carbonyl (C=O) groups excluding carboxylic acids is 2. The number of hydrogen-bond donors (Lipinski definition) is 2. The SMILES string of the molecule is C[C@]1(C2CCN(Cc3ccc(F)cc3)CC2)NC(=O)NC1=O. The van der Waals surface area contributed by atoms with Crippen molar-refractivity contribution >= 4 is 11.9 Å². The smallest absolute Gasteiger partial charge is 0.322 e. The molecule has 1 atom stereocenters.